The average Bonchev–Trinajstić information content (AvgIpc) is 2.69. The summed E-state index contributed by atoms with van der Waals surface area (Å²) >= 11 is 6.08. The molecule has 3 aromatic carbocycles. The second kappa shape index (κ2) is 7.84. The fourth-order valence-electron chi connectivity index (χ4n) is 2.55. The third-order valence-electron chi connectivity index (χ3n) is 3.95. The summed E-state index contributed by atoms with van der Waals surface area (Å²) in [5.41, 5.74) is -0.105. The van der Waals surface area contributed by atoms with E-state index < -0.39 is 21.7 Å². The molecule has 2 N–H and O–H groups in total. The molecule has 3 rings (SSSR count). The average molecular weight is 416 g/mol. The van der Waals surface area contributed by atoms with Gasteiger partial charge < -0.3 is 10.4 Å². The fraction of sp³-hybridized carbons (Fsp3) is 0. The number of carboxylic acid groups (broad SMARTS) is 1. The van der Waals surface area contributed by atoms with Gasteiger partial charge in [-0.1, -0.05) is 41.9 Å². The van der Waals surface area contributed by atoms with E-state index in [0.717, 1.165) is 0 Å². The molecule has 142 valence electrons. The van der Waals surface area contributed by atoms with Crippen molar-refractivity contribution in [3.8, 4) is 0 Å². The number of benzene rings is 3. The molecule has 0 bridgehead atoms. The van der Waals surface area contributed by atoms with Crippen LogP contribution in [0.4, 0.5) is 5.69 Å². The van der Waals surface area contributed by atoms with Gasteiger partial charge in [-0.15, -0.1) is 0 Å². The van der Waals surface area contributed by atoms with E-state index >= 15 is 0 Å². The summed E-state index contributed by atoms with van der Waals surface area (Å²) in [7, 11) is -3.84. The van der Waals surface area contributed by atoms with Crippen molar-refractivity contribution in [2.24, 2.45) is 0 Å². The van der Waals surface area contributed by atoms with Crippen LogP contribution in [0.15, 0.2) is 82.6 Å². The molecule has 0 spiro atoms. The monoisotopic (exact) mass is 415 g/mol. The van der Waals surface area contributed by atoms with Crippen LogP contribution in [0.25, 0.3) is 0 Å². The van der Waals surface area contributed by atoms with Gasteiger partial charge in [-0.3, -0.25) is 4.79 Å². The van der Waals surface area contributed by atoms with Crippen LogP contribution in [0.5, 0.6) is 0 Å². The van der Waals surface area contributed by atoms with Gasteiger partial charge in [0.25, 0.3) is 5.91 Å². The molecule has 0 unspecified atom stereocenters. The Kier molecular flexibility index (Phi) is 5.48. The van der Waals surface area contributed by atoms with Crippen LogP contribution in [0.1, 0.15) is 20.7 Å². The van der Waals surface area contributed by atoms with E-state index in [4.69, 9.17) is 11.6 Å². The smallest absolute Gasteiger partial charge is 0.337 e. The van der Waals surface area contributed by atoms with Crippen LogP contribution in [0.2, 0.25) is 5.02 Å². The molecule has 1 amide bonds. The van der Waals surface area contributed by atoms with Crippen LogP contribution < -0.4 is 5.32 Å². The molecule has 8 heteroatoms. The van der Waals surface area contributed by atoms with Crippen molar-refractivity contribution in [3.63, 3.8) is 0 Å². The number of hydrogen-bond donors (Lipinski definition) is 2. The molecule has 0 heterocycles. The van der Waals surface area contributed by atoms with Crippen LogP contribution in [0.3, 0.4) is 0 Å². The molecule has 0 saturated carbocycles. The minimum absolute atomic E-state index is 0.0392. The highest BCUT2D eigenvalue weighted by Gasteiger charge is 2.21. The number of aromatic carboxylic acids is 1. The summed E-state index contributed by atoms with van der Waals surface area (Å²) in [6.45, 7) is 0. The Bertz CT molecular complexity index is 1160. The summed E-state index contributed by atoms with van der Waals surface area (Å²) in [5, 5.41) is 11.7. The first kappa shape index (κ1) is 19.6. The van der Waals surface area contributed by atoms with Crippen LogP contribution in [-0.4, -0.2) is 25.4 Å². The molecular formula is C20H14ClNO5S. The van der Waals surface area contributed by atoms with Gasteiger partial charge in [0, 0.05) is 0 Å². The number of amides is 1. The number of carbonyl (C=O) groups is 2. The minimum Gasteiger partial charge on any atom is -0.478 e. The molecule has 0 atom stereocenters. The van der Waals surface area contributed by atoms with Crippen LogP contribution in [0, 0.1) is 0 Å². The highest BCUT2D eigenvalue weighted by Crippen LogP contribution is 2.26. The fourth-order valence-corrected chi connectivity index (χ4v) is 4.06. The second-order valence-electron chi connectivity index (χ2n) is 5.76. The van der Waals surface area contributed by atoms with Crippen molar-refractivity contribution in [1.82, 2.24) is 0 Å². The van der Waals surface area contributed by atoms with Gasteiger partial charge in [-0.2, -0.15) is 0 Å². The van der Waals surface area contributed by atoms with Gasteiger partial charge in [0.1, 0.15) is 0 Å². The lowest BCUT2D eigenvalue weighted by Gasteiger charge is -2.11. The van der Waals surface area contributed by atoms with E-state index in [-0.39, 0.29) is 31.6 Å². The predicted octanol–water partition coefficient (Wildman–Crippen LogP) is 4.12. The van der Waals surface area contributed by atoms with E-state index in [2.05, 4.69) is 5.32 Å². The lowest BCUT2D eigenvalue weighted by Crippen LogP contribution is -2.16. The van der Waals surface area contributed by atoms with E-state index in [9.17, 15) is 23.1 Å². The van der Waals surface area contributed by atoms with E-state index in [1.807, 2.05) is 0 Å². The molecule has 0 aromatic heterocycles. The number of halogens is 1. The zero-order chi connectivity index (χ0) is 20.3. The maximum absolute atomic E-state index is 12.8. The zero-order valence-electron chi connectivity index (χ0n) is 14.3. The molecule has 3 aromatic rings. The summed E-state index contributed by atoms with van der Waals surface area (Å²) in [6, 6.07) is 17.5. The molecule has 6 nitrogen and oxygen atoms in total. The topological polar surface area (TPSA) is 101 Å². The largest absolute Gasteiger partial charge is 0.478 e. The Balaban J connectivity index is 1.99. The van der Waals surface area contributed by atoms with E-state index in [1.54, 1.807) is 24.3 Å². The Hall–Kier alpha value is -3.16. The SMILES string of the molecule is O=C(Nc1ccccc1C(=O)O)c1cc(S(=O)(=O)c2ccccc2)ccc1Cl. The number of nitrogens with one attached hydrogen (secondary N) is 1. The van der Waals surface area contributed by atoms with Crippen LogP contribution >= 0.6 is 11.6 Å². The van der Waals surface area contributed by atoms with E-state index in [0.29, 0.717) is 0 Å². The quantitative estimate of drug-likeness (QED) is 0.652. The van der Waals surface area contributed by atoms with Crippen molar-refractivity contribution >= 4 is 39.0 Å². The number of anilines is 1. The molecule has 0 saturated heterocycles. The van der Waals surface area contributed by atoms with Crippen molar-refractivity contribution in [3.05, 3.63) is 88.9 Å². The molecule has 0 aliphatic rings. The third-order valence-corrected chi connectivity index (χ3v) is 6.05. The maximum Gasteiger partial charge on any atom is 0.337 e. The summed E-state index contributed by atoms with van der Waals surface area (Å²) in [6.07, 6.45) is 0. The maximum atomic E-state index is 12.8. The lowest BCUT2D eigenvalue weighted by molar-refractivity contribution is 0.0698. The number of carbonyl (C=O) groups excluding carboxylic acids is 1. The number of sulfone groups is 1. The third kappa shape index (κ3) is 3.90. The van der Waals surface area contributed by atoms with Crippen molar-refractivity contribution in [1.29, 1.82) is 0 Å². The summed E-state index contributed by atoms with van der Waals surface area (Å²) in [4.78, 5) is 23.9. The Morgan fingerprint density at radius 3 is 2.14 bits per heavy atom. The van der Waals surface area contributed by atoms with Gasteiger partial charge >= 0.3 is 5.97 Å². The zero-order valence-corrected chi connectivity index (χ0v) is 15.9. The molecule has 0 fully saturated rings. The van der Waals surface area contributed by atoms with Crippen molar-refractivity contribution in [2.45, 2.75) is 9.79 Å². The molecule has 28 heavy (non-hydrogen) atoms. The highest BCUT2D eigenvalue weighted by molar-refractivity contribution is 7.91. The first-order chi connectivity index (χ1) is 13.3. The van der Waals surface area contributed by atoms with E-state index in [1.165, 1.54) is 48.5 Å². The van der Waals surface area contributed by atoms with Crippen molar-refractivity contribution in [2.75, 3.05) is 5.32 Å². The van der Waals surface area contributed by atoms with Gasteiger partial charge in [0.2, 0.25) is 9.84 Å². The summed E-state index contributed by atoms with van der Waals surface area (Å²) in [5.74, 6) is -1.92. The first-order valence-corrected chi connectivity index (χ1v) is 9.90. The molecule has 0 aliphatic carbocycles. The lowest BCUT2D eigenvalue weighted by atomic mass is 10.1. The molecular weight excluding hydrogens is 402 g/mol. The Morgan fingerprint density at radius 2 is 1.46 bits per heavy atom. The Labute approximate surface area is 166 Å². The minimum atomic E-state index is -3.84. The molecule has 0 aliphatic heterocycles. The number of rotatable bonds is 5. The second-order valence-corrected chi connectivity index (χ2v) is 8.12. The first-order valence-electron chi connectivity index (χ1n) is 8.04. The summed E-state index contributed by atoms with van der Waals surface area (Å²) < 4.78 is 25.5. The standard InChI is InChI=1S/C20H14ClNO5S/c21-17-11-10-14(28(26,27)13-6-2-1-3-7-13)12-16(17)19(23)22-18-9-5-4-8-15(18)20(24)25/h1-12H,(H,22,23)(H,24,25). The van der Waals surface area contributed by atoms with Gasteiger partial charge in [0.05, 0.1) is 31.6 Å². The molecule has 0 radical (unpaired) electrons. The van der Waals surface area contributed by atoms with Gasteiger partial charge in [-0.05, 0) is 42.5 Å². The number of para-hydroxylation sites is 1. The number of hydrogen-bond acceptors (Lipinski definition) is 4. The van der Waals surface area contributed by atoms with Crippen LogP contribution in [-0.2, 0) is 9.84 Å². The van der Waals surface area contributed by atoms with Crippen molar-refractivity contribution < 1.29 is 23.1 Å². The highest BCUT2D eigenvalue weighted by atomic mass is 35.5. The Morgan fingerprint density at radius 1 is 0.821 bits per heavy atom. The number of carboxylic acids is 1. The van der Waals surface area contributed by atoms with Gasteiger partial charge in [0.15, 0.2) is 0 Å². The predicted molar refractivity (Wildman–Crippen MR) is 105 cm³/mol. The van der Waals surface area contributed by atoms with Gasteiger partial charge in [-0.25, -0.2) is 13.2 Å². The normalized spacial score (nSPS) is 11.0.